The minimum Gasteiger partial charge on any atom is -0.486 e. The first-order valence-electron chi connectivity index (χ1n) is 10.3. The van der Waals surface area contributed by atoms with Gasteiger partial charge < -0.3 is 19.2 Å². The van der Waals surface area contributed by atoms with Crippen molar-refractivity contribution < 1.29 is 18.7 Å². The number of ketones is 1. The van der Waals surface area contributed by atoms with Crippen molar-refractivity contribution in [2.24, 2.45) is 0 Å². The highest BCUT2D eigenvalue weighted by Crippen LogP contribution is 2.32. The smallest absolute Gasteiger partial charge is 0.228 e. The molecule has 0 atom stereocenters. The van der Waals surface area contributed by atoms with Gasteiger partial charge in [-0.25, -0.2) is 0 Å². The van der Waals surface area contributed by atoms with Crippen molar-refractivity contribution in [2.75, 3.05) is 13.2 Å². The summed E-state index contributed by atoms with van der Waals surface area (Å²) < 4.78 is 17.1. The molecule has 3 heterocycles. The summed E-state index contributed by atoms with van der Waals surface area (Å²) >= 11 is 0. The van der Waals surface area contributed by atoms with E-state index in [1.54, 1.807) is 18.2 Å². The molecule has 2 aromatic heterocycles. The quantitative estimate of drug-likeness (QED) is 0.471. The average Bonchev–Trinajstić information content (AvgIpc) is 3.27. The van der Waals surface area contributed by atoms with Crippen LogP contribution in [0.5, 0.6) is 11.5 Å². The van der Waals surface area contributed by atoms with Crippen molar-refractivity contribution in [2.45, 2.75) is 20.0 Å². The Morgan fingerprint density at radius 3 is 2.65 bits per heavy atom. The Hall–Kier alpha value is -3.64. The molecular formula is C25H22N2O4. The van der Waals surface area contributed by atoms with Gasteiger partial charge in [-0.3, -0.25) is 9.78 Å². The van der Waals surface area contributed by atoms with Gasteiger partial charge >= 0.3 is 0 Å². The zero-order valence-corrected chi connectivity index (χ0v) is 17.2. The van der Waals surface area contributed by atoms with E-state index < -0.39 is 0 Å². The molecule has 1 aliphatic rings. The highest BCUT2D eigenvalue weighted by atomic mass is 16.6. The molecule has 0 saturated carbocycles. The van der Waals surface area contributed by atoms with Crippen molar-refractivity contribution in [3.8, 4) is 11.5 Å². The van der Waals surface area contributed by atoms with Crippen molar-refractivity contribution in [1.82, 2.24) is 10.3 Å². The molecule has 0 amide bonds. The topological polar surface area (TPSA) is 73.6 Å². The monoisotopic (exact) mass is 414 g/mol. The molecule has 0 radical (unpaired) electrons. The van der Waals surface area contributed by atoms with Crippen molar-refractivity contribution in [3.63, 3.8) is 0 Å². The Balaban J connectivity index is 1.40. The number of benzene rings is 2. The number of nitrogens with one attached hydrogen (secondary N) is 1. The van der Waals surface area contributed by atoms with Crippen LogP contribution in [0.15, 0.2) is 65.2 Å². The van der Waals surface area contributed by atoms with Crippen molar-refractivity contribution in [3.05, 3.63) is 88.9 Å². The van der Waals surface area contributed by atoms with Crippen molar-refractivity contribution >= 4 is 16.8 Å². The molecule has 31 heavy (non-hydrogen) atoms. The molecular weight excluding hydrogens is 392 g/mol. The van der Waals surface area contributed by atoms with Gasteiger partial charge in [0.2, 0.25) is 5.78 Å². The van der Waals surface area contributed by atoms with Gasteiger partial charge in [-0.2, -0.15) is 0 Å². The van der Waals surface area contributed by atoms with Crippen LogP contribution in [0.3, 0.4) is 0 Å². The van der Waals surface area contributed by atoms with Gasteiger partial charge in [0.05, 0.1) is 5.69 Å². The van der Waals surface area contributed by atoms with Crippen LogP contribution in [0.25, 0.3) is 11.0 Å². The Morgan fingerprint density at radius 1 is 1.00 bits per heavy atom. The second kappa shape index (κ2) is 8.24. The Kier molecular flexibility index (Phi) is 5.14. The third kappa shape index (κ3) is 3.90. The molecule has 0 spiro atoms. The van der Waals surface area contributed by atoms with Gasteiger partial charge in [0, 0.05) is 30.2 Å². The third-order valence-electron chi connectivity index (χ3n) is 5.34. The lowest BCUT2D eigenvalue weighted by molar-refractivity contribution is 0.101. The van der Waals surface area contributed by atoms with Crippen LogP contribution in [0.1, 0.15) is 32.9 Å². The zero-order valence-electron chi connectivity index (χ0n) is 17.2. The number of pyridine rings is 1. The minimum atomic E-state index is -0.198. The number of hydrogen-bond acceptors (Lipinski definition) is 6. The lowest BCUT2D eigenvalue weighted by atomic mass is 10.1. The summed E-state index contributed by atoms with van der Waals surface area (Å²) in [5, 5.41) is 4.33. The van der Waals surface area contributed by atoms with Crippen LogP contribution in [-0.4, -0.2) is 24.0 Å². The van der Waals surface area contributed by atoms with Crippen LogP contribution in [-0.2, 0) is 13.1 Å². The number of furan rings is 1. The van der Waals surface area contributed by atoms with Gasteiger partial charge in [-0.15, -0.1) is 0 Å². The maximum absolute atomic E-state index is 13.1. The molecule has 2 aromatic carbocycles. The average molecular weight is 414 g/mol. The van der Waals surface area contributed by atoms with E-state index in [0.29, 0.717) is 42.4 Å². The highest BCUT2D eigenvalue weighted by Gasteiger charge is 2.20. The predicted octanol–water partition coefficient (Wildman–Crippen LogP) is 4.43. The predicted molar refractivity (Wildman–Crippen MR) is 117 cm³/mol. The fourth-order valence-corrected chi connectivity index (χ4v) is 3.72. The van der Waals surface area contributed by atoms with E-state index in [-0.39, 0.29) is 11.5 Å². The van der Waals surface area contributed by atoms with E-state index in [1.807, 2.05) is 37.4 Å². The fourth-order valence-electron chi connectivity index (χ4n) is 3.72. The third-order valence-corrected chi connectivity index (χ3v) is 5.34. The SMILES string of the molecule is Cc1ncc(CNCc2ccccc2)c2cc(C(=O)c3ccc4c(c3)OCCO4)oc12. The Bertz CT molecular complexity index is 1250. The Labute approximate surface area is 179 Å². The number of carbonyl (C=O) groups is 1. The highest BCUT2D eigenvalue weighted by molar-refractivity contribution is 6.09. The summed E-state index contributed by atoms with van der Waals surface area (Å²) in [5.74, 6) is 1.32. The number of aromatic nitrogens is 1. The van der Waals surface area contributed by atoms with E-state index in [0.717, 1.165) is 23.2 Å². The standard InChI is InChI=1S/C25H22N2O4/c1-16-25-20(19(15-27-16)14-26-13-17-5-3-2-4-6-17)12-23(31-25)24(28)18-7-8-21-22(11-18)30-10-9-29-21/h2-8,11-12,15,26H,9-10,13-14H2,1H3. The number of ether oxygens (including phenoxy) is 2. The summed E-state index contributed by atoms with van der Waals surface area (Å²) in [7, 11) is 0. The number of rotatable bonds is 6. The summed E-state index contributed by atoms with van der Waals surface area (Å²) in [5.41, 5.74) is 4.09. The van der Waals surface area contributed by atoms with E-state index in [9.17, 15) is 4.79 Å². The molecule has 0 unspecified atom stereocenters. The molecule has 0 fully saturated rings. The van der Waals surface area contributed by atoms with Gasteiger partial charge in [-0.1, -0.05) is 30.3 Å². The number of fused-ring (bicyclic) bond motifs is 2. The van der Waals surface area contributed by atoms with Crippen LogP contribution < -0.4 is 14.8 Å². The van der Waals surface area contributed by atoms with Gasteiger partial charge in [0.15, 0.2) is 22.8 Å². The van der Waals surface area contributed by atoms with Gasteiger partial charge in [0.25, 0.3) is 0 Å². The fraction of sp³-hybridized carbons (Fsp3) is 0.200. The second-order valence-corrected chi connectivity index (χ2v) is 7.50. The molecule has 6 heteroatoms. The molecule has 0 saturated heterocycles. The number of hydrogen-bond donors (Lipinski definition) is 1. The molecule has 0 bridgehead atoms. The zero-order chi connectivity index (χ0) is 21.2. The lowest BCUT2D eigenvalue weighted by Crippen LogP contribution is -2.15. The minimum absolute atomic E-state index is 0.198. The first-order chi connectivity index (χ1) is 15.2. The summed E-state index contributed by atoms with van der Waals surface area (Å²) in [6.07, 6.45) is 1.84. The normalized spacial score (nSPS) is 12.8. The molecule has 0 aliphatic carbocycles. The molecule has 5 rings (SSSR count). The Morgan fingerprint density at radius 2 is 1.81 bits per heavy atom. The molecule has 6 nitrogen and oxygen atoms in total. The van der Waals surface area contributed by atoms with E-state index >= 15 is 0 Å². The number of aryl methyl sites for hydroxylation is 1. The van der Waals surface area contributed by atoms with E-state index in [4.69, 9.17) is 13.9 Å². The largest absolute Gasteiger partial charge is 0.486 e. The number of carbonyl (C=O) groups excluding carboxylic acids is 1. The van der Waals surface area contributed by atoms with Crippen LogP contribution in [0.2, 0.25) is 0 Å². The summed E-state index contributed by atoms with van der Waals surface area (Å²) in [4.78, 5) is 17.6. The lowest BCUT2D eigenvalue weighted by Gasteiger charge is -2.18. The summed E-state index contributed by atoms with van der Waals surface area (Å²) in [6, 6.07) is 17.2. The maximum Gasteiger partial charge on any atom is 0.228 e. The van der Waals surface area contributed by atoms with Crippen LogP contribution >= 0.6 is 0 Å². The molecule has 1 N–H and O–H groups in total. The first-order valence-corrected chi connectivity index (χ1v) is 10.3. The van der Waals surface area contributed by atoms with E-state index in [2.05, 4.69) is 22.4 Å². The summed E-state index contributed by atoms with van der Waals surface area (Å²) in [6.45, 7) is 4.23. The van der Waals surface area contributed by atoms with E-state index in [1.165, 1.54) is 5.56 Å². The molecule has 4 aromatic rings. The first kappa shape index (κ1) is 19.3. The number of nitrogens with zero attached hydrogens (tertiary/aromatic N) is 1. The van der Waals surface area contributed by atoms with Gasteiger partial charge in [0.1, 0.15) is 13.2 Å². The van der Waals surface area contributed by atoms with Crippen molar-refractivity contribution in [1.29, 1.82) is 0 Å². The maximum atomic E-state index is 13.1. The van der Waals surface area contributed by atoms with Crippen LogP contribution in [0.4, 0.5) is 0 Å². The van der Waals surface area contributed by atoms with Gasteiger partial charge in [-0.05, 0) is 42.3 Å². The second-order valence-electron chi connectivity index (χ2n) is 7.50. The molecule has 156 valence electrons. The van der Waals surface area contributed by atoms with Crippen LogP contribution in [0, 0.1) is 6.92 Å². The molecule has 1 aliphatic heterocycles.